The number of nitrogens with zero attached hydrogens (tertiary/aromatic N) is 6. The van der Waals surface area contributed by atoms with E-state index in [0.29, 0.717) is 19.3 Å². The van der Waals surface area contributed by atoms with Crippen LogP contribution in [0.15, 0.2) is 97.6 Å². The summed E-state index contributed by atoms with van der Waals surface area (Å²) in [5.41, 5.74) is 7.32. The molecule has 0 aliphatic carbocycles. The zero-order chi connectivity index (χ0) is 32.2. The van der Waals surface area contributed by atoms with Crippen LogP contribution in [0.3, 0.4) is 0 Å². The van der Waals surface area contributed by atoms with E-state index >= 15 is 0 Å². The van der Waals surface area contributed by atoms with Gasteiger partial charge in [-0.2, -0.15) is 0 Å². The molecular weight excluding hydrogens is 808 g/mol. The summed E-state index contributed by atoms with van der Waals surface area (Å²) in [6.07, 6.45) is 7.15. The van der Waals surface area contributed by atoms with Gasteiger partial charge < -0.3 is 0 Å². The minimum atomic E-state index is -0.0184. The number of nitriles is 4. The first-order chi connectivity index (χ1) is 21.4. The minimum absolute atomic E-state index is 0.0184. The number of benzene rings is 2. The summed E-state index contributed by atoms with van der Waals surface area (Å²) in [6.45, 7) is 8.37. The van der Waals surface area contributed by atoms with Crippen molar-refractivity contribution in [1.82, 2.24) is 9.97 Å². The zero-order valence-electron chi connectivity index (χ0n) is 24.9. The molecule has 0 fully saturated rings. The summed E-state index contributed by atoms with van der Waals surface area (Å²) in [5, 5.41) is 35.0. The number of pyridine rings is 2. The van der Waals surface area contributed by atoms with Gasteiger partial charge in [0.2, 0.25) is 0 Å². The Bertz CT molecular complexity index is 1390. The molecule has 4 aromatic rings. The van der Waals surface area contributed by atoms with Crippen LogP contribution in [0.1, 0.15) is 69.2 Å². The third-order valence-electron chi connectivity index (χ3n) is 6.36. The molecular formula is C34H32N6Se4. The van der Waals surface area contributed by atoms with Crippen LogP contribution in [0.4, 0.5) is 0 Å². The molecule has 222 valence electrons. The van der Waals surface area contributed by atoms with Crippen LogP contribution in [0.25, 0.3) is 11.1 Å². The number of rotatable bonds is 9. The zero-order valence-corrected chi connectivity index (χ0v) is 31.7. The fraction of sp³-hybridized carbons (Fsp3) is 0.235. The molecule has 0 amide bonds. The maximum atomic E-state index is 8.76. The van der Waals surface area contributed by atoms with Crippen molar-refractivity contribution < 1.29 is 0 Å². The molecule has 2 aromatic carbocycles. The maximum absolute atomic E-state index is 8.76. The van der Waals surface area contributed by atoms with Crippen molar-refractivity contribution in [3.63, 3.8) is 0 Å². The van der Waals surface area contributed by atoms with E-state index in [1.54, 1.807) is 24.8 Å². The number of hydrogen-bond acceptors (Lipinski definition) is 6. The first kappa shape index (κ1) is 37.0. The molecule has 0 aliphatic heterocycles. The van der Waals surface area contributed by atoms with Gasteiger partial charge in [-0.1, -0.05) is 0 Å². The van der Waals surface area contributed by atoms with Crippen LogP contribution >= 0.6 is 0 Å². The molecule has 0 unspecified atom stereocenters. The molecule has 4 rings (SSSR count). The Kier molecular flexibility index (Phi) is 18.0. The molecule has 44 heavy (non-hydrogen) atoms. The fourth-order valence-electron chi connectivity index (χ4n) is 4.16. The monoisotopic (exact) mass is 844 g/mol. The van der Waals surface area contributed by atoms with Gasteiger partial charge in [0.1, 0.15) is 0 Å². The second kappa shape index (κ2) is 21.5. The van der Waals surface area contributed by atoms with Crippen molar-refractivity contribution in [3.8, 4) is 31.0 Å². The van der Waals surface area contributed by atoms with Gasteiger partial charge in [0.25, 0.3) is 0 Å². The molecule has 0 N–H and O–H groups in total. The Hall–Kier alpha value is -3.22. The number of aromatic nitrogens is 2. The van der Waals surface area contributed by atoms with Crippen LogP contribution < -0.4 is 0 Å². The second-order valence-corrected chi connectivity index (χ2v) is 18.6. The normalized spacial score (nSPS) is 12.5. The molecule has 2 aromatic heterocycles. The van der Waals surface area contributed by atoms with Crippen molar-refractivity contribution >= 4 is 59.8 Å². The van der Waals surface area contributed by atoms with Crippen molar-refractivity contribution in [1.29, 1.82) is 21.0 Å². The van der Waals surface area contributed by atoms with E-state index in [0.717, 1.165) is 0 Å². The van der Waals surface area contributed by atoms with E-state index in [-0.39, 0.29) is 59.8 Å². The van der Waals surface area contributed by atoms with Gasteiger partial charge in [-0.3, -0.25) is 9.97 Å². The first-order valence-corrected chi connectivity index (χ1v) is 20.9. The summed E-state index contributed by atoms with van der Waals surface area (Å²) in [4.78, 5) is 18.2. The van der Waals surface area contributed by atoms with E-state index in [1.165, 1.54) is 33.4 Å². The molecule has 0 saturated carbocycles. The Morgan fingerprint density at radius 3 is 0.864 bits per heavy atom. The average molecular weight is 841 g/mol. The molecule has 4 atom stereocenters. The molecule has 6 nitrogen and oxygen atoms in total. The smallest absolute Gasteiger partial charge is 0.0273 e. The third kappa shape index (κ3) is 12.4. The van der Waals surface area contributed by atoms with Gasteiger partial charge in [0.05, 0.1) is 0 Å². The predicted molar refractivity (Wildman–Crippen MR) is 179 cm³/mol. The molecule has 0 spiro atoms. The number of hydrogen-bond donors (Lipinski definition) is 0. The minimum Gasteiger partial charge on any atom is -0.265 e. The SMILES string of the molecule is C[C@@H]([Se]C#N)c1ccccc1[C@@H](C)[Se]C#N.C[C@H]([Se]C#N)c1ccccc1[C@H](C)[Se]C#N.c1cc(-c2ccncc2)ccn1. The summed E-state index contributed by atoms with van der Waals surface area (Å²) < 4.78 is 0. The summed E-state index contributed by atoms with van der Waals surface area (Å²) in [6, 6.07) is 24.3. The molecule has 10 heteroatoms. The quantitative estimate of drug-likeness (QED) is 0.178. The average Bonchev–Trinajstić information content (AvgIpc) is 3.06. The van der Waals surface area contributed by atoms with Gasteiger partial charge in [-0.15, -0.1) is 0 Å². The molecule has 0 radical (unpaired) electrons. The largest absolute Gasteiger partial charge is 0.265 e. The van der Waals surface area contributed by atoms with Gasteiger partial charge in [0, 0.05) is 24.8 Å². The van der Waals surface area contributed by atoms with Crippen molar-refractivity contribution in [2.45, 2.75) is 47.0 Å². The van der Waals surface area contributed by atoms with E-state index in [1.807, 2.05) is 48.5 Å². The molecule has 0 bridgehead atoms. The first-order valence-electron chi connectivity index (χ1n) is 13.5. The van der Waals surface area contributed by atoms with Crippen LogP contribution in [0, 0.1) is 40.9 Å². The van der Waals surface area contributed by atoms with Gasteiger partial charge >= 0.3 is 218 Å². The maximum Gasteiger partial charge on any atom is 0.0273 e. The van der Waals surface area contributed by atoms with Gasteiger partial charge in [-0.25, -0.2) is 0 Å². The molecule has 2 heterocycles. The van der Waals surface area contributed by atoms with E-state index < -0.39 is 0 Å². The Morgan fingerprint density at radius 1 is 0.432 bits per heavy atom. The van der Waals surface area contributed by atoms with E-state index in [4.69, 9.17) is 21.0 Å². The summed E-state index contributed by atoms with van der Waals surface area (Å²) in [7, 11) is 0. The van der Waals surface area contributed by atoms with Crippen LogP contribution in [-0.4, -0.2) is 69.8 Å². The van der Waals surface area contributed by atoms with Crippen molar-refractivity contribution in [2.75, 3.05) is 0 Å². The summed E-state index contributed by atoms with van der Waals surface area (Å²) in [5.74, 6) is 0. The Labute approximate surface area is 286 Å². The van der Waals surface area contributed by atoms with Crippen molar-refractivity contribution in [3.05, 3.63) is 120 Å². The van der Waals surface area contributed by atoms with Crippen LogP contribution in [0.2, 0.25) is 0 Å². The van der Waals surface area contributed by atoms with E-state index in [2.05, 4.69) is 81.8 Å². The Morgan fingerprint density at radius 2 is 0.659 bits per heavy atom. The second-order valence-electron chi connectivity index (χ2n) is 9.14. The molecule has 0 aliphatic rings. The predicted octanol–water partition coefficient (Wildman–Crippen LogP) is 6.50. The Balaban J connectivity index is 0.000000232. The third-order valence-corrected chi connectivity index (χ3v) is 12.3. The van der Waals surface area contributed by atoms with Gasteiger partial charge in [-0.05, 0) is 35.4 Å². The van der Waals surface area contributed by atoms with Crippen molar-refractivity contribution in [2.24, 2.45) is 0 Å². The van der Waals surface area contributed by atoms with Crippen LogP contribution in [-0.2, 0) is 0 Å². The van der Waals surface area contributed by atoms with E-state index in [9.17, 15) is 0 Å². The van der Waals surface area contributed by atoms with Gasteiger partial charge in [0.15, 0.2) is 0 Å². The summed E-state index contributed by atoms with van der Waals surface area (Å²) >= 11 is -0.0735. The van der Waals surface area contributed by atoms with Crippen LogP contribution in [0.5, 0.6) is 0 Å². The fourth-order valence-corrected chi connectivity index (χ4v) is 8.36. The molecule has 0 saturated heterocycles. The topological polar surface area (TPSA) is 121 Å². The standard InChI is InChI=1S/2C12H12N2Se2.C10H8N2/c2*1-9(15-7-13)11-5-3-4-6-12(11)10(2)16-8-14;1-5-11-6-2-9(1)10-3-7-12-8-4-10/h2*3-6,9-10H,1-2H3;1-8H/t2*9-,10-;/m10./s1.